The number of nitrogens with one attached hydrogen (secondary N) is 1. The van der Waals surface area contributed by atoms with Crippen molar-refractivity contribution in [2.75, 3.05) is 12.4 Å². The third kappa shape index (κ3) is 2.94. The maximum Gasteiger partial charge on any atom is 0.291 e. The molecule has 0 saturated carbocycles. The van der Waals surface area contributed by atoms with Gasteiger partial charge in [0, 0.05) is 18.0 Å². The number of aryl methyl sites for hydroxylation is 1. The topological polar surface area (TPSA) is 77.6 Å². The van der Waals surface area contributed by atoms with E-state index in [1.807, 2.05) is 0 Å². The quantitative estimate of drug-likeness (QED) is 0.791. The molecule has 23 heavy (non-hydrogen) atoms. The zero-order chi connectivity index (χ0) is 16.4. The Kier molecular flexibility index (Phi) is 3.84. The predicted molar refractivity (Wildman–Crippen MR) is 85.8 cm³/mol. The molecule has 0 aliphatic rings. The van der Waals surface area contributed by atoms with Gasteiger partial charge in [0.2, 0.25) is 5.91 Å². The summed E-state index contributed by atoms with van der Waals surface area (Å²) in [5.41, 5.74) is 0.788. The number of carbonyl (C=O) groups excluding carboxylic acids is 1. The van der Waals surface area contributed by atoms with Crippen LogP contribution in [0.3, 0.4) is 0 Å². The van der Waals surface area contributed by atoms with Crippen molar-refractivity contribution in [1.29, 1.82) is 0 Å². The highest BCUT2D eigenvalue weighted by atomic mass is 16.5. The summed E-state index contributed by atoms with van der Waals surface area (Å²) in [6, 6.07) is 10.5. The standard InChI is InChI=1S/C16H16N4O3/c1-11-18-20(16(22)14-7-4-8-19(11)14)10-15(21)17-12-5-3-6-13(9-12)23-2/h3-9H,10H2,1-2H3,(H,17,21). The van der Waals surface area contributed by atoms with Gasteiger partial charge in [-0.3, -0.25) is 14.0 Å². The number of aromatic nitrogens is 3. The molecule has 3 aromatic rings. The molecule has 2 heterocycles. The lowest BCUT2D eigenvalue weighted by Crippen LogP contribution is -2.31. The molecule has 3 rings (SSSR count). The third-order valence-corrected chi connectivity index (χ3v) is 3.46. The molecule has 0 aliphatic heterocycles. The van der Waals surface area contributed by atoms with Crippen LogP contribution >= 0.6 is 0 Å². The highest BCUT2D eigenvalue weighted by Crippen LogP contribution is 2.16. The highest BCUT2D eigenvalue weighted by Gasteiger charge is 2.11. The second-order valence-corrected chi connectivity index (χ2v) is 5.05. The van der Waals surface area contributed by atoms with Gasteiger partial charge in [0.25, 0.3) is 5.56 Å². The first-order valence-electron chi connectivity index (χ1n) is 7.07. The van der Waals surface area contributed by atoms with Crippen LogP contribution < -0.4 is 15.6 Å². The van der Waals surface area contributed by atoms with Gasteiger partial charge in [-0.25, -0.2) is 4.68 Å². The molecule has 7 heteroatoms. The molecular weight excluding hydrogens is 296 g/mol. The predicted octanol–water partition coefficient (Wildman–Crippen LogP) is 1.45. The van der Waals surface area contributed by atoms with Crippen molar-refractivity contribution in [3.05, 3.63) is 58.8 Å². The molecule has 0 spiro atoms. The van der Waals surface area contributed by atoms with Crippen LogP contribution in [0.25, 0.3) is 5.52 Å². The maximum absolute atomic E-state index is 12.3. The molecule has 7 nitrogen and oxygen atoms in total. The first-order chi connectivity index (χ1) is 11.1. The van der Waals surface area contributed by atoms with Gasteiger partial charge >= 0.3 is 0 Å². The van der Waals surface area contributed by atoms with E-state index in [4.69, 9.17) is 4.74 Å². The number of hydrogen-bond donors (Lipinski definition) is 1. The number of hydrogen-bond acceptors (Lipinski definition) is 4. The molecule has 1 N–H and O–H groups in total. The molecule has 0 atom stereocenters. The van der Waals surface area contributed by atoms with E-state index >= 15 is 0 Å². The number of anilines is 1. The van der Waals surface area contributed by atoms with E-state index in [-0.39, 0.29) is 18.0 Å². The lowest BCUT2D eigenvalue weighted by molar-refractivity contribution is -0.117. The van der Waals surface area contributed by atoms with Gasteiger partial charge in [-0.15, -0.1) is 0 Å². The number of rotatable bonds is 4. The van der Waals surface area contributed by atoms with E-state index in [2.05, 4.69) is 10.4 Å². The molecule has 0 aliphatic carbocycles. The fourth-order valence-electron chi connectivity index (χ4n) is 2.38. The number of nitrogens with zero attached hydrogens (tertiary/aromatic N) is 3. The Morgan fingerprint density at radius 2 is 2.13 bits per heavy atom. The van der Waals surface area contributed by atoms with Crippen LogP contribution in [0, 0.1) is 6.92 Å². The number of carbonyl (C=O) groups is 1. The smallest absolute Gasteiger partial charge is 0.291 e. The van der Waals surface area contributed by atoms with Crippen molar-refractivity contribution in [2.45, 2.75) is 13.5 Å². The van der Waals surface area contributed by atoms with E-state index in [1.165, 1.54) is 4.68 Å². The van der Waals surface area contributed by atoms with Gasteiger partial charge in [0.15, 0.2) is 0 Å². The van der Waals surface area contributed by atoms with Crippen molar-refractivity contribution in [1.82, 2.24) is 14.2 Å². The molecule has 0 fully saturated rings. The first-order valence-corrected chi connectivity index (χ1v) is 7.07. The molecule has 1 aromatic carbocycles. The maximum atomic E-state index is 12.3. The van der Waals surface area contributed by atoms with Gasteiger partial charge in [0.05, 0.1) is 7.11 Å². The molecule has 118 valence electrons. The Morgan fingerprint density at radius 1 is 1.30 bits per heavy atom. The minimum atomic E-state index is -0.330. The summed E-state index contributed by atoms with van der Waals surface area (Å²) in [5, 5.41) is 6.90. The van der Waals surface area contributed by atoms with Crippen LogP contribution in [0.4, 0.5) is 5.69 Å². The lowest BCUT2D eigenvalue weighted by Gasteiger charge is -2.09. The van der Waals surface area contributed by atoms with E-state index in [0.717, 1.165) is 0 Å². The largest absolute Gasteiger partial charge is 0.497 e. The molecule has 0 bridgehead atoms. The summed E-state index contributed by atoms with van der Waals surface area (Å²) in [6.07, 6.45) is 1.76. The highest BCUT2D eigenvalue weighted by molar-refractivity contribution is 5.90. The van der Waals surface area contributed by atoms with Crippen molar-refractivity contribution in [2.24, 2.45) is 0 Å². The van der Waals surface area contributed by atoms with E-state index in [9.17, 15) is 9.59 Å². The van der Waals surface area contributed by atoms with Crippen LogP contribution in [-0.2, 0) is 11.3 Å². The van der Waals surface area contributed by atoms with Crippen LogP contribution in [0.5, 0.6) is 5.75 Å². The van der Waals surface area contributed by atoms with Crippen molar-refractivity contribution < 1.29 is 9.53 Å². The fourth-order valence-corrected chi connectivity index (χ4v) is 2.38. The van der Waals surface area contributed by atoms with Gasteiger partial charge in [-0.1, -0.05) is 6.07 Å². The summed E-state index contributed by atoms with van der Waals surface area (Å²) in [4.78, 5) is 24.5. The summed E-state index contributed by atoms with van der Waals surface area (Å²) < 4.78 is 7.97. The van der Waals surface area contributed by atoms with Gasteiger partial charge in [-0.05, 0) is 31.2 Å². The summed E-state index contributed by atoms with van der Waals surface area (Å²) >= 11 is 0. The Labute approximate surface area is 132 Å². The molecule has 0 saturated heterocycles. The zero-order valence-electron chi connectivity index (χ0n) is 12.8. The third-order valence-electron chi connectivity index (χ3n) is 3.46. The number of fused-ring (bicyclic) bond motifs is 1. The van der Waals surface area contributed by atoms with Crippen molar-refractivity contribution in [3.8, 4) is 5.75 Å². The number of methoxy groups -OCH3 is 1. The van der Waals surface area contributed by atoms with Crippen LogP contribution in [0.2, 0.25) is 0 Å². The Hall–Kier alpha value is -3.09. The minimum absolute atomic E-state index is 0.154. The van der Waals surface area contributed by atoms with E-state index in [1.54, 1.807) is 61.0 Å². The fraction of sp³-hybridized carbons (Fsp3) is 0.188. The van der Waals surface area contributed by atoms with E-state index in [0.29, 0.717) is 22.8 Å². The van der Waals surface area contributed by atoms with E-state index < -0.39 is 0 Å². The van der Waals surface area contributed by atoms with Crippen LogP contribution in [0.15, 0.2) is 47.4 Å². The van der Waals surface area contributed by atoms with Gasteiger partial charge in [-0.2, -0.15) is 5.10 Å². The number of benzene rings is 1. The number of amides is 1. The van der Waals surface area contributed by atoms with Crippen molar-refractivity contribution >= 4 is 17.1 Å². The second-order valence-electron chi connectivity index (χ2n) is 5.05. The Balaban J connectivity index is 1.82. The molecule has 1 amide bonds. The Morgan fingerprint density at radius 3 is 2.91 bits per heavy atom. The van der Waals surface area contributed by atoms with Crippen LogP contribution in [0.1, 0.15) is 5.82 Å². The SMILES string of the molecule is COc1cccc(NC(=O)Cn2nc(C)n3cccc3c2=O)c1. The average Bonchev–Trinajstić information content (AvgIpc) is 3.03. The summed E-state index contributed by atoms with van der Waals surface area (Å²) in [6.45, 7) is 1.63. The summed E-state index contributed by atoms with van der Waals surface area (Å²) in [5.74, 6) is 0.950. The molecule has 2 aromatic heterocycles. The monoisotopic (exact) mass is 312 g/mol. The molecule has 0 radical (unpaired) electrons. The molecular formula is C16H16N4O3. The number of ether oxygens (including phenoxy) is 1. The van der Waals surface area contributed by atoms with Gasteiger partial charge in [0.1, 0.15) is 23.6 Å². The van der Waals surface area contributed by atoms with Gasteiger partial charge < -0.3 is 10.1 Å². The first kappa shape index (κ1) is 14.8. The average molecular weight is 312 g/mol. The second kappa shape index (κ2) is 5.96. The lowest BCUT2D eigenvalue weighted by atomic mass is 10.3. The van der Waals surface area contributed by atoms with Crippen molar-refractivity contribution in [3.63, 3.8) is 0 Å². The van der Waals surface area contributed by atoms with Crippen LogP contribution in [-0.4, -0.2) is 27.2 Å². The normalized spacial score (nSPS) is 10.7. The summed E-state index contributed by atoms with van der Waals surface area (Å²) in [7, 11) is 1.56. The minimum Gasteiger partial charge on any atom is -0.497 e. The zero-order valence-corrected chi connectivity index (χ0v) is 12.8. The molecule has 0 unspecified atom stereocenters. The Bertz CT molecular complexity index is 926.